The Labute approximate surface area is 169 Å². The van der Waals surface area contributed by atoms with Crippen LogP contribution in [0, 0.1) is 0 Å². The molecule has 0 N–H and O–H groups in total. The number of nitrogens with zero attached hydrogens (tertiary/aromatic N) is 3. The van der Waals surface area contributed by atoms with Crippen LogP contribution in [0.3, 0.4) is 0 Å². The molecule has 2 heterocycles. The number of hydrogen-bond donors (Lipinski definition) is 0. The van der Waals surface area contributed by atoms with Crippen LogP contribution in [-0.2, 0) is 19.8 Å². The first-order valence-electron chi connectivity index (χ1n) is 10.0. The summed E-state index contributed by atoms with van der Waals surface area (Å²) in [5.41, 5.74) is 2.54. The summed E-state index contributed by atoms with van der Waals surface area (Å²) in [7, 11) is 1.89. The minimum absolute atomic E-state index is 0.230. The van der Waals surface area contributed by atoms with E-state index in [0.717, 1.165) is 39.6 Å². The number of fused-ring (bicyclic) bond motifs is 1. The molecule has 2 fully saturated rings. The summed E-state index contributed by atoms with van der Waals surface area (Å²) in [5, 5.41) is 0. The number of ketones is 1. The number of para-hydroxylation sites is 1. The van der Waals surface area contributed by atoms with Gasteiger partial charge in [0, 0.05) is 36.0 Å². The molecule has 0 aromatic heterocycles. The molecule has 1 saturated carbocycles. The lowest BCUT2D eigenvalue weighted by atomic mass is 9.83. The molecule has 1 aliphatic carbocycles. The third kappa shape index (κ3) is 2.96. The fraction of sp³-hybridized carbons (Fsp3) is 0.455. The Morgan fingerprint density at radius 3 is 2.41 bits per heavy atom. The number of imide groups is 2. The topological polar surface area (TPSA) is 78.0 Å². The van der Waals surface area contributed by atoms with Crippen molar-refractivity contribution in [2.24, 2.45) is 0 Å². The number of carbonyl (C=O) groups excluding carboxylic acids is 4. The van der Waals surface area contributed by atoms with Gasteiger partial charge in [-0.1, -0.05) is 44.9 Å². The highest BCUT2D eigenvalue weighted by Crippen LogP contribution is 2.46. The van der Waals surface area contributed by atoms with Gasteiger partial charge in [-0.05, 0) is 24.5 Å². The van der Waals surface area contributed by atoms with Gasteiger partial charge in [0.1, 0.15) is 0 Å². The Kier molecular flexibility index (Phi) is 4.56. The van der Waals surface area contributed by atoms with Crippen LogP contribution in [-0.4, -0.2) is 53.1 Å². The number of urea groups is 1. The van der Waals surface area contributed by atoms with Gasteiger partial charge in [-0.3, -0.25) is 19.3 Å². The summed E-state index contributed by atoms with van der Waals surface area (Å²) in [6.07, 6.45) is 4.79. The summed E-state index contributed by atoms with van der Waals surface area (Å²) < 4.78 is 0. The number of likely N-dealkylation sites (N-methyl/N-ethyl adjacent to an activating group) is 1. The van der Waals surface area contributed by atoms with Gasteiger partial charge in [0.25, 0.3) is 0 Å². The highest BCUT2D eigenvalue weighted by molar-refractivity contribution is 6.45. The van der Waals surface area contributed by atoms with E-state index in [-0.39, 0.29) is 17.2 Å². The average molecular weight is 395 g/mol. The molecular formula is C22H25N3O4. The van der Waals surface area contributed by atoms with Crippen molar-refractivity contribution >= 4 is 29.3 Å². The predicted molar refractivity (Wildman–Crippen MR) is 107 cm³/mol. The van der Waals surface area contributed by atoms with Crippen LogP contribution in [0.2, 0.25) is 0 Å². The van der Waals surface area contributed by atoms with Crippen molar-refractivity contribution in [3.05, 3.63) is 41.6 Å². The van der Waals surface area contributed by atoms with E-state index in [0.29, 0.717) is 12.8 Å². The first kappa shape index (κ1) is 19.4. The molecular weight excluding hydrogens is 370 g/mol. The van der Waals surface area contributed by atoms with Crippen molar-refractivity contribution in [2.45, 2.75) is 51.0 Å². The Morgan fingerprint density at radius 2 is 1.76 bits per heavy atom. The molecule has 1 saturated heterocycles. The summed E-state index contributed by atoms with van der Waals surface area (Å²) in [5.74, 6) is -2.10. The molecule has 1 aromatic rings. The van der Waals surface area contributed by atoms with E-state index in [1.807, 2.05) is 50.1 Å². The maximum absolute atomic E-state index is 12.8. The van der Waals surface area contributed by atoms with Gasteiger partial charge in [-0.15, -0.1) is 0 Å². The summed E-state index contributed by atoms with van der Waals surface area (Å²) in [6.45, 7) is 3.65. The Bertz CT molecular complexity index is 943. The number of anilines is 1. The van der Waals surface area contributed by atoms with Gasteiger partial charge in [0.2, 0.25) is 0 Å². The van der Waals surface area contributed by atoms with Crippen molar-refractivity contribution in [3.8, 4) is 0 Å². The van der Waals surface area contributed by atoms with E-state index in [4.69, 9.17) is 0 Å². The van der Waals surface area contributed by atoms with E-state index >= 15 is 0 Å². The van der Waals surface area contributed by atoms with E-state index in [1.54, 1.807) is 0 Å². The minimum Gasteiger partial charge on any atom is -0.347 e. The average Bonchev–Trinajstić information content (AvgIpc) is 3.33. The highest BCUT2D eigenvalue weighted by Gasteiger charge is 2.48. The van der Waals surface area contributed by atoms with Crippen LogP contribution in [0.15, 0.2) is 36.0 Å². The zero-order chi connectivity index (χ0) is 20.9. The van der Waals surface area contributed by atoms with Crippen LogP contribution in [0.5, 0.6) is 0 Å². The number of allylic oxidation sites excluding steroid dienone is 1. The zero-order valence-electron chi connectivity index (χ0n) is 17.0. The second-order valence-electron chi connectivity index (χ2n) is 8.48. The van der Waals surface area contributed by atoms with Gasteiger partial charge in [-0.2, -0.15) is 0 Å². The van der Waals surface area contributed by atoms with Crippen molar-refractivity contribution in [1.29, 1.82) is 0 Å². The lowest BCUT2D eigenvalue weighted by Crippen LogP contribution is -2.41. The standard InChI is InChI=1S/C22H25N3O4/c1-22(2)16-10-6-7-11-17(16)23(3)18(22)12-15(26)13-24-19(27)20(28)25(21(24)29)14-8-4-5-9-14/h6-7,10-12,14H,4-5,8-9,13H2,1-3H3. The fourth-order valence-corrected chi connectivity index (χ4v) is 4.76. The second-order valence-corrected chi connectivity index (χ2v) is 8.48. The van der Waals surface area contributed by atoms with Crippen LogP contribution < -0.4 is 4.90 Å². The van der Waals surface area contributed by atoms with Crippen LogP contribution in [0.1, 0.15) is 45.1 Å². The highest BCUT2D eigenvalue weighted by atomic mass is 16.2. The molecule has 3 aliphatic rings. The maximum atomic E-state index is 12.8. The zero-order valence-corrected chi connectivity index (χ0v) is 17.0. The third-order valence-corrected chi connectivity index (χ3v) is 6.33. The first-order valence-corrected chi connectivity index (χ1v) is 10.0. The van der Waals surface area contributed by atoms with Crippen LogP contribution >= 0.6 is 0 Å². The van der Waals surface area contributed by atoms with Gasteiger partial charge in [-0.25, -0.2) is 9.69 Å². The van der Waals surface area contributed by atoms with Gasteiger partial charge in [0.15, 0.2) is 5.78 Å². The molecule has 29 heavy (non-hydrogen) atoms. The van der Waals surface area contributed by atoms with Crippen LogP contribution in [0.25, 0.3) is 0 Å². The molecule has 0 spiro atoms. The molecule has 152 valence electrons. The number of amides is 4. The number of benzene rings is 1. The molecule has 0 atom stereocenters. The third-order valence-electron chi connectivity index (χ3n) is 6.33. The van der Waals surface area contributed by atoms with E-state index in [2.05, 4.69) is 0 Å². The van der Waals surface area contributed by atoms with E-state index in [9.17, 15) is 19.2 Å². The van der Waals surface area contributed by atoms with Crippen molar-refractivity contribution < 1.29 is 19.2 Å². The minimum atomic E-state index is -0.907. The Morgan fingerprint density at radius 1 is 1.10 bits per heavy atom. The largest absolute Gasteiger partial charge is 0.347 e. The van der Waals surface area contributed by atoms with Crippen LogP contribution in [0.4, 0.5) is 10.5 Å². The lowest BCUT2D eigenvalue weighted by molar-refractivity contribution is -0.144. The SMILES string of the molecule is CN1C(=CC(=O)CN2C(=O)C(=O)N(C3CCCC3)C2=O)C(C)(C)c2ccccc21. The smallest absolute Gasteiger partial charge is 0.334 e. The molecule has 0 unspecified atom stereocenters. The Balaban J connectivity index is 1.55. The second kappa shape index (κ2) is 6.83. The predicted octanol–water partition coefficient (Wildman–Crippen LogP) is 2.60. The molecule has 1 aromatic carbocycles. The number of carbonyl (C=O) groups is 4. The quantitative estimate of drug-likeness (QED) is 0.445. The maximum Gasteiger partial charge on any atom is 0.334 e. The molecule has 0 radical (unpaired) electrons. The van der Waals surface area contributed by atoms with Gasteiger partial charge < -0.3 is 4.90 Å². The Hall–Kier alpha value is -2.96. The van der Waals surface area contributed by atoms with E-state index < -0.39 is 24.4 Å². The molecule has 4 amide bonds. The van der Waals surface area contributed by atoms with Crippen molar-refractivity contribution in [1.82, 2.24) is 9.80 Å². The fourth-order valence-electron chi connectivity index (χ4n) is 4.76. The number of rotatable bonds is 4. The van der Waals surface area contributed by atoms with Crippen molar-refractivity contribution in [3.63, 3.8) is 0 Å². The molecule has 2 aliphatic heterocycles. The monoisotopic (exact) mass is 395 g/mol. The molecule has 0 bridgehead atoms. The normalized spacial score (nSPS) is 22.9. The number of hydrogen-bond acceptors (Lipinski definition) is 5. The molecule has 7 nitrogen and oxygen atoms in total. The van der Waals surface area contributed by atoms with Gasteiger partial charge in [0.05, 0.1) is 6.54 Å². The first-order chi connectivity index (χ1) is 13.7. The van der Waals surface area contributed by atoms with Gasteiger partial charge >= 0.3 is 17.8 Å². The van der Waals surface area contributed by atoms with Crippen molar-refractivity contribution in [2.75, 3.05) is 18.5 Å². The summed E-state index contributed by atoms with van der Waals surface area (Å²) >= 11 is 0. The summed E-state index contributed by atoms with van der Waals surface area (Å²) in [4.78, 5) is 53.9. The molecule has 4 rings (SSSR count). The van der Waals surface area contributed by atoms with E-state index in [1.165, 1.54) is 6.08 Å². The molecule has 7 heteroatoms. The lowest BCUT2D eigenvalue weighted by Gasteiger charge is -2.24. The summed E-state index contributed by atoms with van der Waals surface area (Å²) in [6, 6.07) is 7.04.